The summed E-state index contributed by atoms with van der Waals surface area (Å²) < 4.78 is 28.5. The first-order valence-corrected chi connectivity index (χ1v) is 10.7. The zero-order valence-electron chi connectivity index (χ0n) is 12.5. The van der Waals surface area contributed by atoms with Gasteiger partial charge in [0.15, 0.2) is 0 Å². The molecule has 126 valence electrons. The average molecular weight is 466 g/mol. The highest BCUT2D eigenvalue weighted by Gasteiger charge is 2.35. The van der Waals surface area contributed by atoms with E-state index in [0.717, 1.165) is 23.7 Å². The fourth-order valence-corrected chi connectivity index (χ4v) is 5.97. The Morgan fingerprint density at radius 3 is 2.61 bits per heavy atom. The van der Waals surface area contributed by atoms with E-state index in [1.165, 1.54) is 4.31 Å². The second kappa shape index (κ2) is 6.82. The van der Waals surface area contributed by atoms with Crippen LogP contribution < -0.4 is 5.32 Å². The maximum absolute atomic E-state index is 12.9. The van der Waals surface area contributed by atoms with E-state index in [-0.39, 0.29) is 23.3 Å². The Balaban J connectivity index is 1.77. The van der Waals surface area contributed by atoms with Crippen molar-refractivity contribution in [3.63, 3.8) is 0 Å². The zero-order chi connectivity index (χ0) is 16.6. The van der Waals surface area contributed by atoms with Gasteiger partial charge in [0.1, 0.15) is 0 Å². The van der Waals surface area contributed by atoms with Gasteiger partial charge in [-0.2, -0.15) is 4.31 Å². The van der Waals surface area contributed by atoms with Gasteiger partial charge in [-0.3, -0.25) is 4.79 Å². The van der Waals surface area contributed by atoms with Crippen LogP contribution in [0.1, 0.15) is 25.7 Å². The Kier molecular flexibility index (Phi) is 5.15. The van der Waals surface area contributed by atoms with Crippen molar-refractivity contribution in [3.8, 4) is 0 Å². The topological polar surface area (TPSA) is 66.5 Å². The molecule has 0 spiro atoms. The summed E-state index contributed by atoms with van der Waals surface area (Å²) in [4.78, 5) is 12.5. The third-order valence-corrected chi connectivity index (χ3v) is 7.53. The molecule has 1 aliphatic carbocycles. The second-order valence-electron chi connectivity index (χ2n) is 6.06. The Bertz CT molecular complexity index is 719. The molecule has 1 aromatic carbocycles. The molecular formula is C15H18Br2N2O3S. The van der Waals surface area contributed by atoms with Crippen molar-refractivity contribution in [1.82, 2.24) is 9.62 Å². The SMILES string of the molecule is O=C(NC1CC1)C1CCCN(S(=O)(=O)c2ccc(Br)cc2Br)C1. The fraction of sp³-hybridized carbons (Fsp3) is 0.533. The second-order valence-corrected chi connectivity index (χ2v) is 9.74. The molecule has 0 bridgehead atoms. The third kappa shape index (κ3) is 3.97. The van der Waals surface area contributed by atoms with Crippen molar-refractivity contribution >= 4 is 47.8 Å². The van der Waals surface area contributed by atoms with Crippen LogP contribution in [0.5, 0.6) is 0 Å². The van der Waals surface area contributed by atoms with Gasteiger partial charge in [-0.15, -0.1) is 0 Å². The number of nitrogens with zero attached hydrogens (tertiary/aromatic N) is 1. The molecule has 5 nitrogen and oxygen atoms in total. The molecule has 1 saturated heterocycles. The van der Waals surface area contributed by atoms with E-state index in [4.69, 9.17) is 0 Å². The summed E-state index contributed by atoms with van der Waals surface area (Å²) in [6, 6.07) is 5.31. The summed E-state index contributed by atoms with van der Waals surface area (Å²) in [6.45, 7) is 0.710. The summed E-state index contributed by atoms with van der Waals surface area (Å²) in [6.07, 6.45) is 3.51. The number of rotatable bonds is 4. The highest BCUT2D eigenvalue weighted by molar-refractivity contribution is 9.11. The molecule has 1 N–H and O–H groups in total. The maximum Gasteiger partial charge on any atom is 0.244 e. The number of nitrogens with one attached hydrogen (secondary N) is 1. The fourth-order valence-electron chi connectivity index (χ4n) is 2.74. The van der Waals surface area contributed by atoms with E-state index in [1.807, 2.05) is 0 Å². The van der Waals surface area contributed by atoms with Crippen LogP contribution in [0.2, 0.25) is 0 Å². The Morgan fingerprint density at radius 2 is 1.96 bits per heavy atom. The molecule has 1 amide bonds. The number of amides is 1. The molecule has 0 radical (unpaired) electrons. The minimum Gasteiger partial charge on any atom is -0.353 e. The number of carbonyl (C=O) groups is 1. The monoisotopic (exact) mass is 464 g/mol. The molecule has 23 heavy (non-hydrogen) atoms. The average Bonchev–Trinajstić information content (AvgIpc) is 3.31. The van der Waals surface area contributed by atoms with Crippen LogP contribution >= 0.6 is 31.9 Å². The van der Waals surface area contributed by atoms with Crippen LogP contribution in [-0.4, -0.2) is 37.8 Å². The third-order valence-electron chi connectivity index (χ3n) is 4.19. The first-order chi connectivity index (χ1) is 10.9. The molecule has 1 unspecified atom stereocenters. The van der Waals surface area contributed by atoms with Gasteiger partial charge in [-0.05, 0) is 59.8 Å². The van der Waals surface area contributed by atoms with Crippen molar-refractivity contribution in [3.05, 3.63) is 27.1 Å². The van der Waals surface area contributed by atoms with Crippen molar-refractivity contribution in [2.75, 3.05) is 13.1 Å². The lowest BCUT2D eigenvalue weighted by molar-refractivity contribution is -0.126. The van der Waals surface area contributed by atoms with Crippen LogP contribution in [0.15, 0.2) is 32.0 Å². The van der Waals surface area contributed by atoms with Gasteiger partial charge in [0.2, 0.25) is 15.9 Å². The lowest BCUT2D eigenvalue weighted by Gasteiger charge is -2.31. The Morgan fingerprint density at radius 1 is 1.22 bits per heavy atom. The maximum atomic E-state index is 12.9. The number of piperidine rings is 1. The van der Waals surface area contributed by atoms with Crippen LogP contribution in [0.4, 0.5) is 0 Å². The molecule has 1 aliphatic heterocycles. The van der Waals surface area contributed by atoms with Crippen molar-refractivity contribution in [2.45, 2.75) is 36.6 Å². The number of hydrogen-bond acceptors (Lipinski definition) is 3. The highest BCUT2D eigenvalue weighted by atomic mass is 79.9. The lowest BCUT2D eigenvalue weighted by atomic mass is 9.99. The van der Waals surface area contributed by atoms with Crippen LogP contribution in [-0.2, 0) is 14.8 Å². The van der Waals surface area contributed by atoms with Gasteiger partial charge in [0.25, 0.3) is 0 Å². The molecule has 1 atom stereocenters. The number of sulfonamides is 1. The summed E-state index contributed by atoms with van der Waals surface area (Å²) in [7, 11) is -3.60. The molecule has 1 heterocycles. The smallest absolute Gasteiger partial charge is 0.244 e. The van der Waals surface area contributed by atoms with Crippen LogP contribution in [0, 0.1) is 5.92 Å². The normalized spacial score (nSPS) is 22.8. The van der Waals surface area contributed by atoms with Gasteiger partial charge >= 0.3 is 0 Å². The predicted octanol–water partition coefficient (Wildman–Crippen LogP) is 2.89. The number of halogens is 2. The minimum atomic E-state index is -3.60. The summed E-state index contributed by atoms with van der Waals surface area (Å²) >= 11 is 6.64. The predicted molar refractivity (Wildman–Crippen MR) is 94.5 cm³/mol. The molecule has 1 saturated carbocycles. The molecule has 2 fully saturated rings. The van der Waals surface area contributed by atoms with E-state index < -0.39 is 10.0 Å². The van der Waals surface area contributed by atoms with Gasteiger partial charge in [0.05, 0.1) is 10.8 Å². The first kappa shape index (κ1) is 17.4. The molecule has 2 aliphatic rings. The standard InChI is InChI=1S/C15H18Br2N2O3S/c16-11-3-6-14(13(17)8-11)23(21,22)19-7-1-2-10(9-19)15(20)18-12-4-5-12/h3,6,8,10,12H,1-2,4-5,7,9H2,(H,18,20). The van der Waals surface area contributed by atoms with E-state index in [0.29, 0.717) is 23.5 Å². The van der Waals surface area contributed by atoms with E-state index in [1.54, 1.807) is 18.2 Å². The van der Waals surface area contributed by atoms with E-state index >= 15 is 0 Å². The van der Waals surface area contributed by atoms with Gasteiger partial charge in [-0.25, -0.2) is 8.42 Å². The summed E-state index contributed by atoms with van der Waals surface area (Å²) in [5, 5.41) is 2.98. The number of benzene rings is 1. The van der Waals surface area contributed by atoms with Crippen molar-refractivity contribution < 1.29 is 13.2 Å². The number of hydrogen-bond donors (Lipinski definition) is 1. The molecule has 8 heteroatoms. The van der Waals surface area contributed by atoms with E-state index in [9.17, 15) is 13.2 Å². The molecular weight excluding hydrogens is 448 g/mol. The van der Waals surface area contributed by atoms with Crippen molar-refractivity contribution in [2.24, 2.45) is 5.92 Å². The first-order valence-electron chi connectivity index (χ1n) is 7.63. The van der Waals surface area contributed by atoms with Gasteiger partial charge in [-0.1, -0.05) is 15.9 Å². The summed E-state index contributed by atoms with van der Waals surface area (Å²) in [5.41, 5.74) is 0. The van der Waals surface area contributed by atoms with E-state index in [2.05, 4.69) is 37.2 Å². The van der Waals surface area contributed by atoms with Crippen molar-refractivity contribution in [1.29, 1.82) is 0 Å². The quantitative estimate of drug-likeness (QED) is 0.743. The Labute approximate surface area is 153 Å². The largest absolute Gasteiger partial charge is 0.353 e. The summed E-state index contributed by atoms with van der Waals surface area (Å²) in [5.74, 6) is -0.268. The molecule has 0 aromatic heterocycles. The van der Waals surface area contributed by atoms with Gasteiger partial charge < -0.3 is 5.32 Å². The lowest BCUT2D eigenvalue weighted by Crippen LogP contribution is -2.45. The molecule has 3 rings (SSSR count). The zero-order valence-corrected chi connectivity index (χ0v) is 16.5. The Hall–Kier alpha value is -0.440. The molecule has 1 aromatic rings. The van der Waals surface area contributed by atoms with Crippen LogP contribution in [0.25, 0.3) is 0 Å². The van der Waals surface area contributed by atoms with Crippen LogP contribution in [0.3, 0.4) is 0 Å². The number of carbonyl (C=O) groups excluding carboxylic acids is 1. The van der Waals surface area contributed by atoms with Gasteiger partial charge in [0, 0.05) is 28.1 Å². The minimum absolute atomic E-state index is 0.0118. The highest BCUT2D eigenvalue weighted by Crippen LogP contribution is 2.31.